The van der Waals surface area contributed by atoms with E-state index in [0.29, 0.717) is 10.9 Å². The largest absolute Gasteiger partial charge is 0.361 e. The number of benzene rings is 2. The maximum atomic E-state index is 15.2. The van der Waals surface area contributed by atoms with Crippen LogP contribution in [0.25, 0.3) is 27.9 Å². The van der Waals surface area contributed by atoms with E-state index in [4.69, 9.17) is 0 Å². The standard InChI is InChI=1S/C23H19FN4O2/c24-20(16-12-26-18-8-4-2-6-15(16)18)21-23(30)27-19(22(29)28-21)10-9-13-11-25-17-7-3-1-5-14(13)17/h1-12,19-21,25-26H,(H,27,30)(H,28,29). The van der Waals surface area contributed by atoms with Gasteiger partial charge in [0.2, 0.25) is 11.8 Å². The molecule has 0 bridgehead atoms. The molecule has 4 N–H and O–H groups in total. The van der Waals surface area contributed by atoms with Gasteiger partial charge in [-0.2, -0.15) is 0 Å². The first-order valence-corrected chi connectivity index (χ1v) is 9.67. The second-order valence-electron chi connectivity index (χ2n) is 7.31. The van der Waals surface area contributed by atoms with E-state index in [9.17, 15) is 9.59 Å². The molecule has 1 aliphatic rings. The Labute approximate surface area is 171 Å². The maximum Gasteiger partial charge on any atom is 0.247 e. The van der Waals surface area contributed by atoms with Gasteiger partial charge < -0.3 is 20.6 Å². The van der Waals surface area contributed by atoms with Crippen LogP contribution >= 0.6 is 0 Å². The summed E-state index contributed by atoms with van der Waals surface area (Å²) in [5, 5.41) is 6.86. The molecule has 150 valence electrons. The highest BCUT2D eigenvalue weighted by Crippen LogP contribution is 2.30. The van der Waals surface area contributed by atoms with Crippen molar-refractivity contribution in [3.05, 3.63) is 78.1 Å². The summed E-state index contributed by atoms with van der Waals surface area (Å²) in [6, 6.07) is 12.9. The van der Waals surface area contributed by atoms with Gasteiger partial charge in [0.1, 0.15) is 12.1 Å². The van der Waals surface area contributed by atoms with Crippen molar-refractivity contribution < 1.29 is 14.0 Å². The number of rotatable bonds is 4. The Morgan fingerprint density at radius 2 is 1.50 bits per heavy atom. The topological polar surface area (TPSA) is 89.8 Å². The zero-order valence-corrected chi connectivity index (χ0v) is 15.9. The van der Waals surface area contributed by atoms with Gasteiger partial charge in [-0.3, -0.25) is 9.59 Å². The first kappa shape index (κ1) is 18.2. The van der Waals surface area contributed by atoms with Crippen LogP contribution in [0.4, 0.5) is 4.39 Å². The van der Waals surface area contributed by atoms with Crippen molar-refractivity contribution in [2.45, 2.75) is 18.3 Å². The van der Waals surface area contributed by atoms with Gasteiger partial charge in [-0.25, -0.2) is 4.39 Å². The van der Waals surface area contributed by atoms with Gasteiger partial charge in [0, 0.05) is 39.8 Å². The Morgan fingerprint density at radius 3 is 2.30 bits per heavy atom. The van der Waals surface area contributed by atoms with Gasteiger partial charge >= 0.3 is 0 Å². The third-order valence-corrected chi connectivity index (χ3v) is 5.46. The number of hydrogen-bond acceptors (Lipinski definition) is 2. The Kier molecular flexibility index (Phi) is 4.35. The summed E-state index contributed by atoms with van der Waals surface area (Å²) in [5.41, 5.74) is 3.00. The lowest BCUT2D eigenvalue weighted by atomic mass is 9.99. The summed E-state index contributed by atoms with van der Waals surface area (Å²) in [6.07, 6.45) is 5.09. The number of carbonyl (C=O) groups is 2. The molecule has 1 fully saturated rings. The smallest absolute Gasteiger partial charge is 0.247 e. The highest BCUT2D eigenvalue weighted by atomic mass is 19.1. The molecule has 0 aliphatic carbocycles. The van der Waals surface area contributed by atoms with E-state index in [1.165, 1.54) is 6.20 Å². The summed E-state index contributed by atoms with van der Waals surface area (Å²) in [7, 11) is 0. The molecule has 0 radical (unpaired) electrons. The number of piperazine rings is 1. The molecule has 1 aliphatic heterocycles. The molecule has 2 aromatic heterocycles. The van der Waals surface area contributed by atoms with Crippen molar-refractivity contribution >= 4 is 39.7 Å². The van der Waals surface area contributed by atoms with E-state index >= 15 is 4.39 Å². The third kappa shape index (κ3) is 3.04. The van der Waals surface area contributed by atoms with Gasteiger partial charge in [0.25, 0.3) is 0 Å². The number of carbonyl (C=O) groups excluding carboxylic acids is 2. The number of para-hydroxylation sites is 2. The van der Waals surface area contributed by atoms with Crippen molar-refractivity contribution in [3.8, 4) is 0 Å². The summed E-state index contributed by atoms with van der Waals surface area (Å²) >= 11 is 0. The van der Waals surface area contributed by atoms with Gasteiger partial charge in [-0.15, -0.1) is 0 Å². The number of nitrogens with one attached hydrogen (secondary N) is 4. The monoisotopic (exact) mass is 402 g/mol. The molecule has 0 spiro atoms. The number of alkyl halides is 1. The molecule has 4 aromatic rings. The Bertz CT molecular complexity index is 1290. The number of halogens is 1. The van der Waals surface area contributed by atoms with E-state index in [-0.39, 0.29) is 0 Å². The molecule has 5 rings (SSSR count). The first-order chi connectivity index (χ1) is 14.6. The van der Waals surface area contributed by atoms with Crippen LogP contribution in [0, 0.1) is 0 Å². The number of amides is 2. The van der Waals surface area contributed by atoms with E-state index in [1.807, 2.05) is 42.6 Å². The quantitative estimate of drug-likeness (QED) is 0.422. The predicted octanol–water partition coefficient (Wildman–Crippen LogP) is 3.36. The van der Waals surface area contributed by atoms with Gasteiger partial charge in [0.05, 0.1) is 0 Å². The lowest BCUT2D eigenvalue weighted by molar-refractivity contribution is -0.137. The second kappa shape index (κ2) is 7.18. The SMILES string of the molecule is O=C1NC(C(F)c2c[nH]c3ccccc23)C(=O)NC1C=Cc1c[nH]c2ccccc12. The molecule has 2 aromatic carbocycles. The number of H-pyrrole nitrogens is 2. The number of aromatic amines is 2. The highest BCUT2D eigenvalue weighted by Gasteiger charge is 2.39. The van der Waals surface area contributed by atoms with E-state index in [0.717, 1.165) is 22.0 Å². The maximum absolute atomic E-state index is 15.2. The summed E-state index contributed by atoms with van der Waals surface area (Å²) in [5.74, 6) is -1.00. The molecule has 1 saturated heterocycles. The second-order valence-corrected chi connectivity index (χ2v) is 7.31. The van der Waals surface area contributed by atoms with Crippen LogP contribution in [0.1, 0.15) is 17.3 Å². The summed E-state index contributed by atoms with van der Waals surface area (Å²) < 4.78 is 15.2. The molecule has 30 heavy (non-hydrogen) atoms. The molecule has 3 unspecified atom stereocenters. The lowest BCUT2D eigenvalue weighted by Gasteiger charge is -2.30. The van der Waals surface area contributed by atoms with Crippen molar-refractivity contribution in [2.75, 3.05) is 0 Å². The van der Waals surface area contributed by atoms with Crippen molar-refractivity contribution in [3.63, 3.8) is 0 Å². The van der Waals surface area contributed by atoms with Crippen LogP contribution in [-0.4, -0.2) is 33.9 Å². The van der Waals surface area contributed by atoms with Crippen LogP contribution in [-0.2, 0) is 9.59 Å². The van der Waals surface area contributed by atoms with E-state index in [1.54, 1.807) is 24.3 Å². The number of fused-ring (bicyclic) bond motifs is 2. The highest BCUT2D eigenvalue weighted by molar-refractivity contribution is 6.00. The normalized spacial score (nSPS) is 20.6. The van der Waals surface area contributed by atoms with Crippen LogP contribution in [0.3, 0.4) is 0 Å². The molecule has 6 nitrogen and oxygen atoms in total. The number of aromatic nitrogens is 2. The molecular weight excluding hydrogens is 383 g/mol. The van der Waals surface area contributed by atoms with Crippen LogP contribution in [0.15, 0.2) is 67.0 Å². The predicted molar refractivity (Wildman–Crippen MR) is 113 cm³/mol. The van der Waals surface area contributed by atoms with Crippen molar-refractivity contribution in [1.82, 2.24) is 20.6 Å². The van der Waals surface area contributed by atoms with Gasteiger partial charge in [0.15, 0.2) is 6.17 Å². The summed E-state index contributed by atoms with van der Waals surface area (Å²) in [4.78, 5) is 31.3. The number of hydrogen-bond donors (Lipinski definition) is 4. The molecule has 3 heterocycles. The molecule has 2 amide bonds. The Morgan fingerprint density at radius 1 is 0.833 bits per heavy atom. The minimum absolute atomic E-state index is 0.346. The average molecular weight is 402 g/mol. The Balaban J connectivity index is 1.34. The van der Waals surface area contributed by atoms with E-state index < -0.39 is 30.1 Å². The fourth-order valence-electron chi connectivity index (χ4n) is 3.89. The van der Waals surface area contributed by atoms with Crippen LogP contribution in [0.5, 0.6) is 0 Å². The average Bonchev–Trinajstić information content (AvgIpc) is 3.38. The zero-order valence-electron chi connectivity index (χ0n) is 15.9. The van der Waals surface area contributed by atoms with Gasteiger partial charge in [-0.1, -0.05) is 48.6 Å². The van der Waals surface area contributed by atoms with Crippen molar-refractivity contribution in [2.24, 2.45) is 0 Å². The van der Waals surface area contributed by atoms with Crippen LogP contribution in [0.2, 0.25) is 0 Å². The molecule has 0 saturated carbocycles. The van der Waals surface area contributed by atoms with Crippen molar-refractivity contribution in [1.29, 1.82) is 0 Å². The minimum atomic E-state index is -1.66. The Hall–Kier alpha value is -3.87. The first-order valence-electron chi connectivity index (χ1n) is 9.67. The van der Waals surface area contributed by atoms with E-state index in [2.05, 4.69) is 20.6 Å². The third-order valence-electron chi connectivity index (χ3n) is 5.46. The minimum Gasteiger partial charge on any atom is -0.361 e. The lowest BCUT2D eigenvalue weighted by Crippen LogP contribution is -2.62. The van der Waals surface area contributed by atoms with Gasteiger partial charge in [-0.05, 0) is 17.7 Å². The molecule has 7 heteroatoms. The molecule has 3 atom stereocenters. The molecular formula is C23H19FN4O2. The summed E-state index contributed by atoms with van der Waals surface area (Å²) in [6.45, 7) is 0. The zero-order chi connectivity index (χ0) is 20.7. The van der Waals surface area contributed by atoms with Crippen LogP contribution < -0.4 is 10.6 Å². The fraction of sp³-hybridized carbons (Fsp3) is 0.130. The fourth-order valence-corrected chi connectivity index (χ4v) is 3.89.